The van der Waals surface area contributed by atoms with E-state index in [4.69, 9.17) is 0 Å². The molecule has 0 saturated heterocycles. The average Bonchev–Trinajstić information content (AvgIpc) is 2.93. The Kier molecular flexibility index (Phi) is 4.00. The van der Waals surface area contributed by atoms with Gasteiger partial charge in [-0.15, -0.1) is 0 Å². The van der Waals surface area contributed by atoms with Crippen LogP contribution in [0, 0.1) is 11.8 Å². The summed E-state index contributed by atoms with van der Waals surface area (Å²) in [7, 11) is 0. The number of nitrogens with zero attached hydrogens (tertiary/aromatic N) is 2. The van der Waals surface area contributed by atoms with Crippen LogP contribution in [-0.2, 0) is 6.54 Å². The summed E-state index contributed by atoms with van der Waals surface area (Å²) < 4.78 is 1.75. The second kappa shape index (κ2) is 5.50. The molecule has 1 aliphatic carbocycles. The molecule has 1 saturated carbocycles. The Morgan fingerprint density at radius 3 is 3.00 bits per heavy atom. The van der Waals surface area contributed by atoms with Gasteiger partial charge in [0, 0.05) is 30.5 Å². The van der Waals surface area contributed by atoms with Crippen molar-refractivity contribution in [3.8, 4) is 0 Å². The van der Waals surface area contributed by atoms with E-state index in [9.17, 15) is 0 Å². The fourth-order valence-electron chi connectivity index (χ4n) is 2.93. The van der Waals surface area contributed by atoms with Gasteiger partial charge in [-0.2, -0.15) is 5.10 Å². The Hall–Kier alpha value is -1.09. The van der Waals surface area contributed by atoms with E-state index in [-0.39, 0.29) is 0 Å². The summed E-state index contributed by atoms with van der Waals surface area (Å²) in [5, 5.41) is 7.85. The normalized spacial score (nSPS) is 28.5. The zero-order chi connectivity index (χ0) is 12.3. The van der Waals surface area contributed by atoms with Crippen molar-refractivity contribution in [1.82, 2.24) is 15.1 Å². The Morgan fingerprint density at radius 1 is 1.59 bits per heavy atom. The van der Waals surface area contributed by atoms with Crippen LogP contribution in [0.5, 0.6) is 0 Å². The zero-order valence-electron chi connectivity index (χ0n) is 10.9. The molecule has 0 amide bonds. The van der Waals surface area contributed by atoms with Crippen molar-refractivity contribution in [1.29, 1.82) is 0 Å². The topological polar surface area (TPSA) is 29.9 Å². The molecular weight excluding hydrogens is 210 g/mol. The van der Waals surface area contributed by atoms with Crippen LogP contribution < -0.4 is 5.32 Å². The van der Waals surface area contributed by atoms with E-state index in [1.165, 1.54) is 24.8 Å². The minimum atomic E-state index is 0.673. The van der Waals surface area contributed by atoms with E-state index in [0.717, 1.165) is 18.4 Å². The summed E-state index contributed by atoms with van der Waals surface area (Å²) in [6.45, 7) is 9.30. The molecule has 1 aromatic rings. The second-order valence-electron chi connectivity index (χ2n) is 5.10. The quantitative estimate of drug-likeness (QED) is 0.847. The standard InChI is InChI=1S/C14H23N3/c1-4-13-6-7-14(11(13)3)15-8-12-9-16-17(5-2)10-12/h5,9-11,13-15H,2,4,6-8H2,1,3H3. The maximum atomic E-state index is 4.19. The summed E-state index contributed by atoms with van der Waals surface area (Å²) in [6, 6.07) is 0.673. The minimum absolute atomic E-state index is 0.673. The predicted octanol–water partition coefficient (Wildman–Crippen LogP) is 2.90. The van der Waals surface area contributed by atoms with Crippen molar-refractivity contribution < 1.29 is 0 Å². The van der Waals surface area contributed by atoms with E-state index >= 15 is 0 Å². The molecule has 0 spiro atoms. The molecule has 1 aliphatic rings. The first kappa shape index (κ1) is 12.4. The van der Waals surface area contributed by atoms with Gasteiger partial charge < -0.3 is 5.32 Å². The molecule has 3 heteroatoms. The van der Waals surface area contributed by atoms with Gasteiger partial charge in [0.15, 0.2) is 0 Å². The van der Waals surface area contributed by atoms with Crippen LogP contribution in [-0.4, -0.2) is 15.8 Å². The van der Waals surface area contributed by atoms with E-state index in [1.54, 1.807) is 10.9 Å². The maximum Gasteiger partial charge on any atom is 0.0538 e. The molecule has 0 radical (unpaired) electrons. The lowest BCUT2D eigenvalue weighted by Gasteiger charge is -2.20. The summed E-state index contributed by atoms with van der Waals surface area (Å²) in [5.41, 5.74) is 1.23. The molecule has 0 bridgehead atoms. The van der Waals surface area contributed by atoms with Crippen molar-refractivity contribution in [3.05, 3.63) is 24.5 Å². The predicted molar refractivity (Wildman–Crippen MR) is 71.4 cm³/mol. The third-order valence-electron chi connectivity index (χ3n) is 4.16. The van der Waals surface area contributed by atoms with Crippen molar-refractivity contribution in [2.24, 2.45) is 11.8 Å². The highest BCUT2D eigenvalue weighted by atomic mass is 15.2. The molecule has 3 nitrogen and oxygen atoms in total. The summed E-state index contributed by atoms with van der Waals surface area (Å²) in [5.74, 6) is 1.71. The fraction of sp³-hybridized carbons (Fsp3) is 0.643. The lowest BCUT2D eigenvalue weighted by Crippen LogP contribution is -2.32. The lowest BCUT2D eigenvalue weighted by molar-refractivity contribution is 0.344. The van der Waals surface area contributed by atoms with Gasteiger partial charge in [0.05, 0.1) is 6.20 Å². The summed E-state index contributed by atoms with van der Waals surface area (Å²) in [6.07, 6.45) is 9.65. The molecular formula is C14H23N3. The largest absolute Gasteiger partial charge is 0.310 e. The zero-order valence-corrected chi connectivity index (χ0v) is 10.9. The van der Waals surface area contributed by atoms with Gasteiger partial charge in [-0.05, 0) is 24.7 Å². The van der Waals surface area contributed by atoms with Gasteiger partial charge in [-0.3, -0.25) is 0 Å². The number of hydrogen-bond donors (Lipinski definition) is 1. The molecule has 1 heterocycles. The molecule has 1 aromatic heterocycles. The highest BCUT2D eigenvalue weighted by Gasteiger charge is 2.30. The monoisotopic (exact) mass is 233 g/mol. The highest BCUT2D eigenvalue weighted by molar-refractivity contribution is 5.17. The van der Waals surface area contributed by atoms with Crippen molar-refractivity contribution in [3.63, 3.8) is 0 Å². The first-order valence-corrected chi connectivity index (χ1v) is 6.63. The second-order valence-corrected chi connectivity index (χ2v) is 5.10. The van der Waals surface area contributed by atoms with Gasteiger partial charge >= 0.3 is 0 Å². The summed E-state index contributed by atoms with van der Waals surface area (Å²) >= 11 is 0. The summed E-state index contributed by atoms with van der Waals surface area (Å²) in [4.78, 5) is 0. The van der Waals surface area contributed by atoms with Crippen LogP contribution >= 0.6 is 0 Å². The van der Waals surface area contributed by atoms with Gasteiger partial charge in [0.25, 0.3) is 0 Å². The van der Waals surface area contributed by atoms with E-state index in [1.807, 2.05) is 12.4 Å². The van der Waals surface area contributed by atoms with Crippen LogP contribution in [0.3, 0.4) is 0 Å². The number of rotatable bonds is 5. The van der Waals surface area contributed by atoms with E-state index in [0.29, 0.717) is 6.04 Å². The Morgan fingerprint density at radius 2 is 2.41 bits per heavy atom. The molecule has 3 unspecified atom stereocenters. The van der Waals surface area contributed by atoms with E-state index < -0.39 is 0 Å². The van der Waals surface area contributed by atoms with Gasteiger partial charge in [-0.25, -0.2) is 4.68 Å². The van der Waals surface area contributed by atoms with Gasteiger partial charge in [0.2, 0.25) is 0 Å². The molecule has 0 aliphatic heterocycles. The molecule has 0 aromatic carbocycles. The van der Waals surface area contributed by atoms with Crippen LogP contribution in [0.25, 0.3) is 6.20 Å². The maximum absolute atomic E-state index is 4.19. The molecule has 1 fully saturated rings. The molecule has 3 atom stereocenters. The fourth-order valence-corrected chi connectivity index (χ4v) is 2.93. The average molecular weight is 233 g/mol. The van der Waals surface area contributed by atoms with Crippen LogP contribution in [0.4, 0.5) is 0 Å². The van der Waals surface area contributed by atoms with Crippen molar-refractivity contribution in [2.75, 3.05) is 0 Å². The third kappa shape index (κ3) is 2.78. The SMILES string of the molecule is C=Cn1cc(CNC2CCC(CC)C2C)cn1. The number of hydrogen-bond acceptors (Lipinski definition) is 2. The Labute approximate surface area is 104 Å². The first-order chi connectivity index (χ1) is 8.24. The molecule has 17 heavy (non-hydrogen) atoms. The molecule has 2 rings (SSSR count). The lowest BCUT2D eigenvalue weighted by atomic mass is 9.93. The minimum Gasteiger partial charge on any atom is -0.310 e. The number of aromatic nitrogens is 2. The van der Waals surface area contributed by atoms with E-state index in [2.05, 4.69) is 30.8 Å². The van der Waals surface area contributed by atoms with Crippen molar-refractivity contribution >= 4 is 6.20 Å². The van der Waals surface area contributed by atoms with Gasteiger partial charge in [-0.1, -0.05) is 26.8 Å². The highest BCUT2D eigenvalue weighted by Crippen LogP contribution is 2.33. The van der Waals surface area contributed by atoms with Crippen molar-refractivity contribution in [2.45, 2.75) is 45.7 Å². The Bertz CT molecular complexity index is 369. The van der Waals surface area contributed by atoms with Crippen LogP contribution in [0.15, 0.2) is 19.0 Å². The number of nitrogens with one attached hydrogen (secondary N) is 1. The van der Waals surface area contributed by atoms with Crippen LogP contribution in [0.2, 0.25) is 0 Å². The smallest absolute Gasteiger partial charge is 0.0538 e. The van der Waals surface area contributed by atoms with Crippen LogP contribution in [0.1, 0.15) is 38.7 Å². The molecule has 1 N–H and O–H groups in total. The molecule has 94 valence electrons. The first-order valence-electron chi connectivity index (χ1n) is 6.63. The Balaban J connectivity index is 1.84. The third-order valence-corrected chi connectivity index (χ3v) is 4.16. The van der Waals surface area contributed by atoms with Gasteiger partial charge in [0.1, 0.15) is 0 Å².